The minimum atomic E-state index is -0.759. The molecule has 0 unspecified atom stereocenters. The van der Waals surface area contributed by atoms with E-state index in [2.05, 4.69) is 50.3 Å². The predicted molar refractivity (Wildman–Crippen MR) is 163 cm³/mol. The maximum Gasteiger partial charge on any atom is 0.346 e. The lowest BCUT2D eigenvalue weighted by Crippen LogP contribution is -2.25. The quantitative estimate of drug-likeness (QED) is 0.112. The van der Waals surface area contributed by atoms with Crippen molar-refractivity contribution in [3.8, 4) is 17.3 Å². The molecule has 8 nitrogen and oxygen atoms in total. The van der Waals surface area contributed by atoms with E-state index in [0.29, 0.717) is 33.0 Å². The molecule has 0 aliphatic heterocycles. The summed E-state index contributed by atoms with van der Waals surface area (Å²) in [6.07, 6.45) is 0.809. The number of halogens is 3. The Hall–Kier alpha value is -2.97. The first-order chi connectivity index (χ1) is 18.2. The number of rotatable bonds is 6. The molecule has 0 saturated carbocycles. The van der Waals surface area contributed by atoms with Crippen molar-refractivity contribution < 1.29 is 18.7 Å². The number of carbonyl (C=O) groups is 1. The monoisotopic (exact) mass is 753 g/mol. The fourth-order valence-electron chi connectivity index (χ4n) is 3.80. The summed E-state index contributed by atoms with van der Waals surface area (Å²) in [6.45, 7) is 1.63. The van der Waals surface area contributed by atoms with Gasteiger partial charge in [-0.15, -0.1) is 0 Å². The fraction of sp³-hybridized carbons (Fsp3) is 0.111. The van der Waals surface area contributed by atoms with Crippen LogP contribution in [0.15, 0.2) is 75.0 Å². The zero-order valence-electron chi connectivity index (χ0n) is 19.9. The van der Waals surface area contributed by atoms with Crippen LogP contribution < -0.4 is 10.3 Å². The number of nitrogens with zero attached hydrogens (tertiary/aromatic N) is 3. The molecule has 2 heterocycles. The number of esters is 1. The summed E-state index contributed by atoms with van der Waals surface area (Å²) in [4.78, 5) is 30.0. The van der Waals surface area contributed by atoms with E-state index < -0.39 is 12.1 Å². The number of hydrogen-bond donors (Lipinski definition) is 0. The molecule has 2 aromatic heterocycles. The standard InChI is InChI=1S/C27H18ClI2N3O5/c1-14(27(35)36-2)37-24-19(29)9-15(10-20(24)30)13-31-33-25(32-21-6-4-3-5-18(21)26(33)34)23-12-16-11-17(28)7-8-22(16)38-23/h3-14H,1-2H3/t14-/m1/s1. The summed E-state index contributed by atoms with van der Waals surface area (Å²) in [7, 11) is 1.32. The van der Waals surface area contributed by atoms with Crippen molar-refractivity contribution in [3.63, 3.8) is 0 Å². The molecule has 11 heteroatoms. The van der Waals surface area contributed by atoms with Crippen LogP contribution in [0.4, 0.5) is 0 Å². The number of para-hydroxylation sites is 1. The summed E-state index contributed by atoms with van der Waals surface area (Å²) >= 11 is 10.4. The van der Waals surface area contributed by atoms with Crippen molar-refractivity contribution in [2.45, 2.75) is 13.0 Å². The van der Waals surface area contributed by atoms with E-state index in [1.54, 1.807) is 55.6 Å². The van der Waals surface area contributed by atoms with Crippen molar-refractivity contribution in [2.75, 3.05) is 7.11 Å². The lowest BCUT2D eigenvalue weighted by molar-refractivity contribution is -0.147. The molecule has 0 fully saturated rings. The molecule has 38 heavy (non-hydrogen) atoms. The summed E-state index contributed by atoms with van der Waals surface area (Å²) in [5.74, 6) is 0.735. The van der Waals surface area contributed by atoms with Crippen LogP contribution in [0.25, 0.3) is 33.5 Å². The Morgan fingerprint density at radius 1 is 1.13 bits per heavy atom. The average Bonchev–Trinajstić information content (AvgIpc) is 3.32. The lowest BCUT2D eigenvalue weighted by Gasteiger charge is -2.15. The van der Waals surface area contributed by atoms with E-state index in [1.807, 2.05) is 18.2 Å². The molecular formula is C27H18ClI2N3O5. The Balaban J connectivity index is 1.59. The van der Waals surface area contributed by atoms with Gasteiger partial charge in [0.2, 0.25) is 5.82 Å². The number of furan rings is 1. The van der Waals surface area contributed by atoms with Crippen LogP contribution >= 0.6 is 56.8 Å². The molecule has 0 N–H and O–H groups in total. The molecule has 0 radical (unpaired) electrons. The van der Waals surface area contributed by atoms with Crippen LogP contribution in [0.3, 0.4) is 0 Å². The average molecular weight is 754 g/mol. The molecule has 0 bridgehead atoms. The summed E-state index contributed by atoms with van der Waals surface area (Å²) < 4.78 is 19.3. The third-order valence-corrected chi connectivity index (χ3v) is 7.46. The second kappa shape index (κ2) is 11.0. The van der Waals surface area contributed by atoms with Gasteiger partial charge >= 0.3 is 5.97 Å². The highest BCUT2D eigenvalue weighted by atomic mass is 127. The first-order valence-electron chi connectivity index (χ1n) is 11.2. The largest absolute Gasteiger partial charge is 0.477 e. The van der Waals surface area contributed by atoms with Gasteiger partial charge in [0.15, 0.2) is 11.9 Å². The zero-order valence-corrected chi connectivity index (χ0v) is 25.0. The number of hydrogen-bond acceptors (Lipinski definition) is 7. The molecule has 3 aromatic carbocycles. The summed E-state index contributed by atoms with van der Waals surface area (Å²) in [6, 6.07) is 17.8. The molecule has 192 valence electrons. The smallest absolute Gasteiger partial charge is 0.346 e. The molecule has 0 amide bonds. The molecule has 0 aliphatic rings. The van der Waals surface area contributed by atoms with E-state index >= 15 is 0 Å². The normalized spacial score (nSPS) is 12.3. The van der Waals surface area contributed by atoms with Crippen LogP contribution in [0.2, 0.25) is 5.02 Å². The highest BCUT2D eigenvalue weighted by molar-refractivity contribution is 14.1. The zero-order chi connectivity index (χ0) is 27.0. The highest BCUT2D eigenvalue weighted by Crippen LogP contribution is 2.31. The number of aromatic nitrogens is 2. The maximum atomic E-state index is 13.5. The second-order valence-corrected chi connectivity index (χ2v) is 11.0. The van der Waals surface area contributed by atoms with Crippen LogP contribution in [0, 0.1) is 7.14 Å². The second-order valence-electron chi connectivity index (χ2n) is 8.20. The SMILES string of the molecule is COC(=O)[C@@H](C)Oc1c(I)cc(C=Nn2c(-c3cc4cc(Cl)ccc4o3)nc3ccccc3c2=O)cc1I. The van der Waals surface area contributed by atoms with E-state index in [4.69, 9.17) is 30.5 Å². The molecule has 0 saturated heterocycles. The van der Waals surface area contributed by atoms with Crippen molar-refractivity contribution in [1.29, 1.82) is 0 Å². The Labute approximate surface area is 248 Å². The predicted octanol–water partition coefficient (Wildman–Crippen LogP) is 6.49. The number of fused-ring (bicyclic) bond motifs is 2. The van der Waals surface area contributed by atoms with Crippen LogP contribution in [-0.2, 0) is 9.53 Å². The Morgan fingerprint density at radius 3 is 2.61 bits per heavy atom. The van der Waals surface area contributed by atoms with E-state index in [1.165, 1.54) is 11.8 Å². The van der Waals surface area contributed by atoms with Gasteiger partial charge in [0, 0.05) is 10.4 Å². The van der Waals surface area contributed by atoms with Crippen LogP contribution in [0.5, 0.6) is 5.75 Å². The third-order valence-electron chi connectivity index (χ3n) is 5.62. The Morgan fingerprint density at radius 2 is 1.87 bits per heavy atom. The number of methoxy groups -OCH3 is 1. The minimum Gasteiger partial charge on any atom is -0.477 e. The lowest BCUT2D eigenvalue weighted by atomic mass is 10.2. The first kappa shape index (κ1) is 26.6. The van der Waals surface area contributed by atoms with Gasteiger partial charge in [0.1, 0.15) is 11.3 Å². The van der Waals surface area contributed by atoms with Gasteiger partial charge in [-0.2, -0.15) is 9.78 Å². The van der Waals surface area contributed by atoms with Crippen molar-refractivity contribution in [1.82, 2.24) is 9.66 Å². The summed E-state index contributed by atoms with van der Waals surface area (Å²) in [5.41, 5.74) is 1.53. The van der Waals surface area contributed by atoms with Gasteiger partial charge in [0.05, 0.1) is 31.4 Å². The minimum absolute atomic E-state index is 0.258. The highest BCUT2D eigenvalue weighted by Gasteiger charge is 2.19. The summed E-state index contributed by atoms with van der Waals surface area (Å²) in [5, 5.41) is 6.30. The van der Waals surface area contributed by atoms with Gasteiger partial charge in [-0.1, -0.05) is 23.7 Å². The van der Waals surface area contributed by atoms with E-state index in [-0.39, 0.29) is 11.4 Å². The van der Waals surface area contributed by atoms with Crippen LogP contribution in [0.1, 0.15) is 12.5 Å². The maximum absolute atomic E-state index is 13.5. The molecule has 5 aromatic rings. The molecule has 5 rings (SSSR count). The van der Waals surface area contributed by atoms with Crippen molar-refractivity contribution in [3.05, 3.63) is 88.7 Å². The van der Waals surface area contributed by atoms with Crippen molar-refractivity contribution >= 4 is 90.8 Å². The molecule has 1 atom stereocenters. The van der Waals surface area contributed by atoms with Crippen molar-refractivity contribution in [2.24, 2.45) is 5.10 Å². The van der Waals surface area contributed by atoms with Gasteiger partial charge in [0.25, 0.3) is 5.56 Å². The number of ether oxygens (including phenoxy) is 2. The number of carbonyl (C=O) groups excluding carboxylic acids is 1. The Kier molecular flexibility index (Phi) is 7.73. The van der Waals surface area contributed by atoms with Gasteiger partial charge in [-0.25, -0.2) is 9.78 Å². The number of benzene rings is 3. The van der Waals surface area contributed by atoms with Gasteiger partial charge < -0.3 is 13.9 Å². The fourth-order valence-corrected chi connectivity index (χ4v) is 6.05. The topological polar surface area (TPSA) is 95.9 Å². The van der Waals surface area contributed by atoms with E-state index in [9.17, 15) is 9.59 Å². The van der Waals surface area contributed by atoms with Gasteiger partial charge in [-0.05, 0) is 106 Å². The first-order valence-corrected chi connectivity index (χ1v) is 13.8. The van der Waals surface area contributed by atoms with E-state index in [0.717, 1.165) is 18.1 Å². The molecular weight excluding hydrogens is 736 g/mol. The van der Waals surface area contributed by atoms with Gasteiger partial charge in [-0.3, -0.25) is 4.79 Å². The third kappa shape index (κ3) is 5.29. The molecule has 0 spiro atoms. The van der Waals surface area contributed by atoms with Crippen LogP contribution in [-0.4, -0.2) is 35.1 Å². The molecule has 0 aliphatic carbocycles. The Bertz CT molecular complexity index is 1770.